The van der Waals surface area contributed by atoms with Gasteiger partial charge in [0.25, 0.3) is 5.91 Å². The van der Waals surface area contributed by atoms with E-state index in [2.05, 4.69) is 20.6 Å². The number of nitrogens with one attached hydrogen (secondary N) is 2. The van der Waals surface area contributed by atoms with E-state index >= 15 is 0 Å². The van der Waals surface area contributed by atoms with Crippen LogP contribution in [0.15, 0.2) is 36.4 Å². The van der Waals surface area contributed by atoms with Gasteiger partial charge < -0.3 is 10.6 Å². The summed E-state index contributed by atoms with van der Waals surface area (Å²) in [6.45, 7) is 0. The van der Waals surface area contributed by atoms with Crippen LogP contribution >= 0.6 is 11.6 Å². The molecule has 4 rings (SSSR count). The van der Waals surface area contributed by atoms with E-state index in [4.69, 9.17) is 11.6 Å². The Labute approximate surface area is 190 Å². The summed E-state index contributed by atoms with van der Waals surface area (Å²) in [7, 11) is 0. The number of carbonyl (C=O) groups is 1. The SMILES string of the molecule is O=C(NC1CCC(Nc2cc(C(F)(F)F)nc3ccc(Cl)cc23)CC1)c1nc(F)ccc1F. The van der Waals surface area contributed by atoms with Gasteiger partial charge in [-0.3, -0.25) is 4.79 Å². The predicted octanol–water partition coefficient (Wildman–Crippen LogP) is 5.73. The van der Waals surface area contributed by atoms with Gasteiger partial charge in [-0.05, 0) is 62.1 Å². The molecule has 0 atom stereocenters. The van der Waals surface area contributed by atoms with Crippen LogP contribution in [0.2, 0.25) is 5.02 Å². The van der Waals surface area contributed by atoms with Gasteiger partial charge in [-0.2, -0.15) is 17.6 Å². The van der Waals surface area contributed by atoms with Crippen LogP contribution in [-0.4, -0.2) is 28.0 Å². The second kappa shape index (κ2) is 9.09. The Balaban J connectivity index is 1.45. The number of anilines is 1. The van der Waals surface area contributed by atoms with Gasteiger partial charge in [-0.1, -0.05) is 11.6 Å². The molecule has 1 aromatic carbocycles. The van der Waals surface area contributed by atoms with E-state index in [1.54, 1.807) is 6.07 Å². The monoisotopic (exact) mass is 484 g/mol. The first-order valence-electron chi connectivity index (χ1n) is 10.2. The summed E-state index contributed by atoms with van der Waals surface area (Å²) < 4.78 is 66.9. The maximum atomic E-state index is 13.8. The molecule has 174 valence electrons. The van der Waals surface area contributed by atoms with Crippen LogP contribution in [0.4, 0.5) is 27.6 Å². The smallest absolute Gasteiger partial charge is 0.382 e. The summed E-state index contributed by atoms with van der Waals surface area (Å²) in [5.74, 6) is -2.70. The van der Waals surface area contributed by atoms with E-state index in [0.717, 1.165) is 18.2 Å². The topological polar surface area (TPSA) is 66.9 Å². The van der Waals surface area contributed by atoms with Crippen LogP contribution in [0.25, 0.3) is 10.9 Å². The molecule has 0 radical (unpaired) electrons. The molecule has 2 N–H and O–H groups in total. The largest absolute Gasteiger partial charge is 0.433 e. The van der Waals surface area contributed by atoms with Crippen LogP contribution in [0.1, 0.15) is 41.9 Å². The number of aromatic nitrogens is 2. The number of benzene rings is 1. The normalized spacial score (nSPS) is 18.8. The van der Waals surface area contributed by atoms with Crippen molar-refractivity contribution in [2.45, 2.75) is 43.9 Å². The van der Waals surface area contributed by atoms with Crippen LogP contribution in [0, 0.1) is 11.8 Å². The van der Waals surface area contributed by atoms with E-state index in [1.807, 2.05) is 0 Å². The molecule has 0 saturated heterocycles. The van der Waals surface area contributed by atoms with E-state index in [0.29, 0.717) is 36.1 Å². The third-order valence-corrected chi connectivity index (χ3v) is 5.75. The molecule has 1 amide bonds. The van der Waals surface area contributed by atoms with Crippen LogP contribution in [0.3, 0.4) is 0 Å². The number of alkyl halides is 3. The van der Waals surface area contributed by atoms with Gasteiger partial charge in [-0.15, -0.1) is 0 Å². The average Bonchev–Trinajstić information content (AvgIpc) is 2.76. The first kappa shape index (κ1) is 23.2. The molecule has 1 saturated carbocycles. The third kappa shape index (κ3) is 5.32. The maximum absolute atomic E-state index is 13.8. The molecular formula is C22H18ClF5N4O. The van der Waals surface area contributed by atoms with Gasteiger partial charge in [0.15, 0.2) is 11.5 Å². The van der Waals surface area contributed by atoms with E-state index < -0.39 is 35.2 Å². The van der Waals surface area contributed by atoms with Gasteiger partial charge in [0, 0.05) is 28.2 Å². The molecule has 3 aromatic rings. The average molecular weight is 485 g/mol. The highest BCUT2D eigenvalue weighted by atomic mass is 35.5. The Kier molecular flexibility index (Phi) is 6.38. The third-order valence-electron chi connectivity index (χ3n) is 5.51. The molecule has 0 spiro atoms. The van der Waals surface area contributed by atoms with Crippen molar-refractivity contribution in [3.05, 3.63) is 64.6 Å². The summed E-state index contributed by atoms with van der Waals surface area (Å²) in [4.78, 5) is 19.2. The first-order valence-corrected chi connectivity index (χ1v) is 10.5. The lowest BCUT2D eigenvalue weighted by Gasteiger charge is -2.30. The minimum Gasteiger partial charge on any atom is -0.382 e. The number of halogens is 6. The second-order valence-electron chi connectivity index (χ2n) is 7.85. The first-order chi connectivity index (χ1) is 15.6. The lowest BCUT2D eigenvalue weighted by molar-refractivity contribution is -0.140. The van der Waals surface area contributed by atoms with Gasteiger partial charge >= 0.3 is 6.18 Å². The van der Waals surface area contributed by atoms with E-state index in [-0.39, 0.29) is 23.3 Å². The summed E-state index contributed by atoms with van der Waals surface area (Å²) in [5.41, 5.74) is -1.18. The maximum Gasteiger partial charge on any atom is 0.433 e. The van der Waals surface area contributed by atoms with Crippen molar-refractivity contribution in [3.63, 3.8) is 0 Å². The molecule has 0 unspecified atom stereocenters. The van der Waals surface area contributed by atoms with Crippen molar-refractivity contribution < 1.29 is 26.7 Å². The number of nitrogens with zero attached hydrogens (tertiary/aromatic N) is 2. The molecule has 33 heavy (non-hydrogen) atoms. The molecule has 0 aliphatic heterocycles. The highest BCUT2D eigenvalue weighted by Crippen LogP contribution is 2.35. The molecule has 1 aliphatic rings. The quantitative estimate of drug-likeness (QED) is 0.366. The molecule has 1 fully saturated rings. The molecule has 11 heteroatoms. The second-order valence-corrected chi connectivity index (χ2v) is 8.28. The highest BCUT2D eigenvalue weighted by molar-refractivity contribution is 6.31. The minimum absolute atomic E-state index is 0.159. The zero-order valence-electron chi connectivity index (χ0n) is 17.0. The lowest BCUT2D eigenvalue weighted by Crippen LogP contribution is -2.40. The van der Waals surface area contributed by atoms with Crippen molar-refractivity contribution >= 4 is 34.1 Å². The minimum atomic E-state index is -4.60. The van der Waals surface area contributed by atoms with Crippen molar-refractivity contribution in [1.29, 1.82) is 0 Å². The van der Waals surface area contributed by atoms with Crippen LogP contribution in [-0.2, 0) is 6.18 Å². The highest BCUT2D eigenvalue weighted by Gasteiger charge is 2.34. The lowest BCUT2D eigenvalue weighted by atomic mass is 9.90. The van der Waals surface area contributed by atoms with Crippen LogP contribution in [0.5, 0.6) is 0 Å². The Hall–Kier alpha value is -3.01. The predicted molar refractivity (Wildman–Crippen MR) is 113 cm³/mol. The molecule has 2 aromatic heterocycles. The fraction of sp³-hybridized carbons (Fsp3) is 0.318. The van der Waals surface area contributed by atoms with E-state index in [1.165, 1.54) is 12.1 Å². The number of fused-ring (bicyclic) bond motifs is 1. The van der Waals surface area contributed by atoms with E-state index in [9.17, 15) is 26.7 Å². The number of amides is 1. The molecule has 5 nitrogen and oxygen atoms in total. The Morgan fingerprint density at radius 2 is 1.67 bits per heavy atom. The van der Waals surface area contributed by atoms with Crippen molar-refractivity contribution in [1.82, 2.24) is 15.3 Å². The van der Waals surface area contributed by atoms with Crippen molar-refractivity contribution in [3.8, 4) is 0 Å². The van der Waals surface area contributed by atoms with Crippen molar-refractivity contribution in [2.24, 2.45) is 0 Å². The molecule has 2 heterocycles. The number of carbonyl (C=O) groups excluding carboxylic acids is 1. The number of hydrogen-bond donors (Lipinski definition) is 2. The number of rotatable bonds is 4. The fourth-order valence-corrected chi connectivity index (χ4v) is 4.07. The standard InChI is InChI=1S/C22H18ClF5N4O/c23-11-1-7-16-14(9-11)17(10-18(31-16)22(26,27)28)29-12-2-4-13(5-3-12)30-21(33)20-15(24)6-8-19(25)32-20/h1,6-10,12-13H,2-5H2,(H,29,31)(H,30,33). The van der Waals surface area contributed by atoms with Gasteiger partial charge in [0.1, 0.15) is 5.69 Å². The number of pyridine rings is 2. The van der Waals surface area contributed by atoms with Gasteiger partial charge in [0.05, 0.1) is 5.52 Å². The number of hydrogen-bond acceptors (Lipinski definition) is 4. The Morgan fingerprint density at radius 3 is 2.36 bits per heavy atom. The zero-order chi connectivity index (χ0) is 23.8. The molecule has 1 aliphatic carbocycles. The zero-order valence-corrected chi connectivity index (χ0v) is 17.8. The fourth-order valence-electron chi connectivity index (χ4n) is 3.90. The van der Waals surface area contributed by atoms with Crippen LogP contribution < -0.4 is 10.6 Å². The Bertz CT molecular complexity index is 1200. The van der Waals surface area contributed by atoms with Gasteiger partial charge in [-0.25, -0.2) is 14.4 Å². The summed E-state index contributed by atoms with van der Waals surface area (Å²) in [5, 5.41) is 6.64. The summed E-state index contributed by atoms with van der Waals surface area (Å²) in [6, 6.07) is 6.63. The summed E-state index contributed by atoms with van der Waals surface area (Å²) in [6.07, 6.45) is -2.54. The van der Waals surface area contributed by atoms with Gasteiger partial charge in [0.2, 0.25) is 5.95 Å². The Morgan fingerprint density at radius 1 is 0.970 bits per heavy atom. The summed E-state index contributed by atoms with van der Waals surface area (Å²) >= 11 is 6.03. The molecule has 0 bridgehead atoms. The van der Waals surface area contributed by atoms with Crippen molar-refractivity contribution in [2.75, 3.05) is 5.32 Å². The molecular weight excluding hydrogens is 467 g/mol.